The minimum absolute atomic E-state index is 0.0475. The molecular weight excluding hydrogens is 634 g/mol. The maximum absolute atomic E-state index is 12.8. The van der Waals surface area contributed by atoms with Crippen molar-refractivity contribution in [3.8, 4) is 5.75 Å². The van der Waals surface area contributed by atoms with Crippen molar-refractivity contribution in [1.82, 2.24) is 26.1 Å². The zero-order valence-corrected chi connectivity index (χ0v) is 26.9. The Morgan fingerprint density at radius 1 is 0.833 bits per heavy atom. The number of carbonyl (C=O) groups is 4. The van der Waals surface area contributed by atoms with Crippen LogP contribution >= 0.6 is 0 Å². The molecule has 0 saturated carbocycles. The molecule has 0 saturated heterocycles. The Morgan fingerprint density at radius 2 is 1.50 bits per heavy atom. The first-order chi connectivity index (χ1) is 23.4. The maximum atomic E-state index is 12.8. The predicted octanol–water partition coefficient (Wildman–Crippen LogP) is -0.531. The maximum Gasteiger partial charge on any atom is 0.313 e. The Balaban J connectivity index is 1.21. The number of nitrogens with two attached hydrogens (primary N) is 1. The summed E-state index contributed by atoms with van der Waals surface area (Å²) in [5, 5.41) is 18.3. The van der Waals surface area contributed by atoms with Crippen LogP contribution in [0.4, 0.5) is 5.69 Å². The van der Waals surface area contributed by atoms with Crippen LogP contribution in [0, 0.1) is 0 Å². The predicted molar refractivity (Wildman–Crippen MR) is 169 cm³/mol. The molecule has 2 aromatic rings. The van der Waals surface area contributed by atoms with Gasteiger partial charge in [-0.05, 0) is 37.2 Å². The van der Waals surface area contributed by atoms with Crippen molar-refractivity contribution in [2.45, 2.75) is 12.8 Å². The number of hydrogen-bond donors (Lipinski definition) is 5. The van der Waals surface area contributed by atoms with Crippen LogP contribution in [0.25, 0.3) is 5.76 Å². The van der Waals surface area contributed by atoms with Crippen LogP contribution in [-0.2, 0) is 33.3 Å². The average molecular weight is 678 g/mol. The van der Waals surface area contributed by atoms with Crippen LogP contribution in [0.2, 0.25) is 0 Å². The largest absolute Gasteiger partial charge is 0.496 e. The lowest BCUT2D eigenvalue weighted by atomic mass is 10.1. The van der Waals surface area contributed by atoms with Crippen molar-refractivity contribution < 1.29 is 52.0 Å². The lowest BCUT2D eigenvalue weighted by Gasteiger charge is -2.12. The molecule has 3 rings (SSSR count). The third-order valence-electron chi connectivity index (χ3n) is 6.25. The molecule has 1 aromatic heterocycles. The summed E-state index contributed by atoms with van der Waals surface area (Å²) in [6.45, 7) is 3.25. The molecule has 0 spiro atoms. The van der Waals surface area contributed by atoms with Gasteiger partial charge in [-0.3, -0.25) is 19.2 Å². The fourth-order valence-electron chi connectivity index (χ4n) is 3.93. The highest BCUT2D eigenvalue weighted by Gasteiger charge is 2.21. The van der Waals surface area contributed by atoms with Gasteiger partial charge in [-0.15, -0.1) is 10.2 Å². The minimum Gasteiger partial charge on any atom is -0.496 e. The molecule has 0 bridgehead atoms. The molecule has 48 heavy (non-hydrogen) atoms. The molecule has 0 atom stereocenters. The van der Waals surface area contributed by atoms with E-state index in [0.717, 1.165) is 6.42 Å². The molecule has 0 radical (unpaired) electrons. The van der Waals surface area contributed by atoms with Gasteiger partial charge in [0.05, 0.1) is 58.9 Å². The van der Waals surface area contributed by atoms with Gasteiger partial charge in [-0.1, -0.05) is 0 Å². The van der Waals surface area contributed by atoms with Crippen molar-refractivity contribution in [2.75, 3.05) is 98.1 Å². The minimum atomic E-state index is -0.651. The van der Waals surface area contributed by atoms with Gasteiger partial charge in [0.25, 0.3) is 11.8 Å². The number of aromatic nitrogens is 2. The average Bonchev–Trinajstić information content (AvgIpc) is 3.80. The van der Waals surface area contributed by atoms with Gasteiger partial charge in [0.2, 0.25) is 11.8 Å². The van der Waals surface area contributed by atoms with Crippen LogP contribution in [0.15, 0.2) is 28.7 Å². The number of rotatable bonds is 24. The van der Waals surface area contributed by atoms with Gasteiger partial charge in [0.1, 0.15) is 19.0 Å². The van der Waals surface area contributed by atoms with Gasteiger partial charge in [-0.25, -0.2) is 0 Å². The van der Waals surface area contributed by atoms with E-state index in [1.165, 1.54) is 13.2 Å². The molecular formula is C30H43N7O11. The monoisotopic (exact) mass is 677 g/mol. The molecule has 6 N–H and O–H groups in total. The Morgan fingerprint density at radius 3 is 2.15 bits per heavy atom. The summed E-state index contributed by atoms with van der Waals surface area (Å²) in [7, 11) is 1.43. The van der Waals surface area contributed by atoms with E-state index in [4.69, 9.17) is 38.6 Å². The number of methoxy groups -OCH3 is 1. The van der Waals surface area contributed by atoms with E-state index in [2.05, 4.69) is 31.5 Å². The van der Waals surface area contributed by atoms with E-state index in [9.17, 15) is 19.2 Å². The number of nitrogens with one attached hydrogen (secondary N) is 4. The zero-order valence-electron chi connectivity index (χ0n) is 26.9. The summed E-state index contributed by atoms with van der Waals surface area (Å²) in [6, 6.07) is 4.57. The van der Waals surface area contributed by atoms with E-state index < -0.39 is 11.8 Å². The van der Waals surface area contributed by atoms with Crippen LogP contribution in [0.5, 0.6) is 5.75 Å². The Bertz CT molecular complexity index is 1350. The molecule has 18 heteroatoms. The van der Waals surface area contributed by atoms with E-state index in [0.29, 0.717) is 49.9 Å². The first-order valence-corrected chi connectivity index (χ1v) is 15.4. The van der Waals surface area contributed by atoms with Gasteiger partial charge >= 0.3 is 11.8 Å². The normalized spacial score (nSPS) is 12.2. The van der Waals surface area contributed by atoms with Crippen LogP contribution in [0.3, 0.4) is 0 Å². The molecule has 1 aromatic carbocycles. The molecule has 0 fully saturated rings. The molecule has 264 valence electrons. The lowest BCUT2D eigenvalue weighted by Crippen LogP contribution is -2.32. The van der Waals surface area contributed by atoms with Crippen molar-refractivity contribution in [3.05, 3.63) is 41.6 Å². The van der Waals surface area contributed by atoms with Gasteiger partial charge in [0.15, 0.2) is 5.76 Å². The fraction of sp³-hybridized carbons (Fsp3) is 0.533. The van der Waals surface area contributed by atoms with E-state index >= 15 is 0 Å². The third-order valence-corrected chi connectivity index (χ3v) is 6.25. The summed E-state index contributed by atoms with van der Waals surface area (Å²) in [4.78, 5) is 48.7. The summed E-state index contributed by atoms with van der Waals surface area (Å²) < 4.78 is 37.3. The lowest BCUT2D eigenvalue weighted by molar-refractivity contribution is -0.127. The molecule has 2 heterocycles. The Kier molecular flexibility index (Phi) is 17.4. The number of amides is 4. The zero-order chi connectivity index (χ0) is 34.4. The molecule has 18 nitrogen and oxygen atoms in total. The van der Waals surface area contributed by atoms with Crippen LogP contribution < -0.4 is 31.7 Å². The number of benzene rings is 1. The number of nitrogens with zero attached hydrogens (tertiary/aromatic N) is 2. The van der Waals surface area contributed by atoms with Crippen molar-refractivity contribution in [1.29, 1.82) is 0 Å². The standard InChI is InChI=1S/C30H43N7O11/c1-42-23-6-5-21(35-28(41)30-37-36-29(48-30)24-4-2-11-47-24)18-22(23)27(40)34-10-13-44-15-17-46-20-26(39)33-9-12-43-14-16-45-19-25(38)32-8-3-7-31/h4-6,18H,2-3,7-17,19-20,31H2,1H3,(H,32,38)(H,33,39)(H,34,40)(H,35,41). The highest BCUT2D eigenvalue weighted by molar-refractivity contribution is 6.03. The van der Waals surface area contributed by atoms with Gasteiger partial charge in [-0.2, -0.15) is 0 Å². The van der Waals surface area contributed by atoms with Crippen LogP contribution in [-0.4, -0.2) is 127 Å². The Hall–Kier alpha value is -4.62. The summed E-state index contributed by atoms with van der Waals surface area (Å²) in [5.74, 6) is -1.01. The molecule has 1 aliphatic rings. The fourth-order valence-corrected chi connectivity index (χ4v) is 3.93. The second-order valence-electron chi connectivity index (χ2n) is 9.92. The smallest absolute Gasteiger partial charge is 0.313 e. The second kappa shape index (κ2) is 22.0. The van der Waals surface area contributed by atoms with Crippen molar-refractivity contribution in [3.63, 3.8) is 0 Å². The molecule has 0 aliphatic carbocycles. The number of anilines is 1. The summed E-state index contributed by atoms with van der Waals surface area (Å²) >= 11 is 0. The van der Waals surface area contributed by atoms with Gasteiger partial charge in [0, 0.05) is 31.7 Å². The first kappa shape index (κ1) is 37.8. The highest BCUT2D eigenvalue weighted by atomic mass is 16.5. The number of hydrogen-bond acceptors (Lipinski definition) is 14. The van der Waals surface area contributed by atoms with Gasteiger partial charge < -0.3 is 59.8 Å². The van der Waals surface area contributed by atoms with Crippen LogP contribution in [0.1, 0.15) is 39.8 Å². The third kappa shape index (κ3) is 14.0. The SMILES string of the molecule is COc1ccc(NC(=O)c2nnc(C3=CCCO3)o2)cc1C(=O)NCCOCCOCC(=O)NCCOCCOCC(=O)NCCCN. The Labute approximate surface area is 277 Å². The first-order valence-electron chi connectivity index (χ1n) is 15.4. The number of ether oxygens (including phenoxy) is 6. The second-order valence-corrected chi connectivity index (χ2v) is 9.92. The van der Waals surface area contributed by atoms with E-state index in [-0.39, 0.29) is 88.6 Å². The van der Waals surface area contributed by atoms with Crippen molar-refractivity contribution in [2.24, 2.45) is 5.73 Å². The molecule has 4 amide bonds. The molecule has 1 aliphatic heterocycles. The topological polar surface area (TPSA) is 237 Å². The highest BCUT2D eigenvalue weighted by Crippen LogP contribution is 2.24. The van der Waals surface area contributed by atoms with Crippen molar-refractivity contribution >= 4 is 35.1 Å². The summed E-state index contributed by atoms with van der Waals surface area (Å²) in [6.07, 6.45) is 3.22. The van der Waals surface area contributed by atoms with E-state index in [1.807, 2.05) is 0 Å². The summed E-state index contributed by atoms with van der Waals surface area (Å²) in [5.41, 5.74) is 5.87. The quantitative estimate of drug-likeness (QED) is 0.0879. The molecule has 0 unspecified atom stereocenters. The number of carbonyl (C=O) groups excluding carboxylic acids is 4. The van der Waals surface area contributed by atoms with E-state index in [1.54, 1.807) is 18.2 Å².